The molecule has 82 valence electrons. The molecule has 1 amide bonds. The first-order valence-electron chi connectivity index (χ1n) is 4.49. The zero-order chi connectivity index (χ0) is 10.8. The Bertz CT molecular complexity index is 217. The number of nitrogens with one attached hydrogen (secondary N) is 2. The van der Waals surface area contributed by atoms with E-state index in [0.717, 1.165) is 13.0 Å². The van der Waals surface area contributed by atoms with Gasteiger partial charge in [0, 0.05) is 12.6 Å². The Morgan fingerprint density at radius 3 is 2.64 bits per heavy atom. The van der Waals surface area contributed by atoms with Gasteiger partial charge in [-0.2, -0.15) is 13.2 Å². The molecule has 0 bridgehead atoms. The molecule has 1 heterocycles. The van der Waals surface area contributed by atoms with Gasteiger partial charge >= 0.3 is 12.1 Å². The van der Waals surface area contributed by atoms with Crippen molar-refractivity contribution in [2.45, 2.75) is 25.6 Å². The summed E-state index contributed by atoms with van der Waals surface area (Å²) >= 11 is 0. The molecule has 0 aromatic carbocycles. The summed E-state index contributed by atoms with van der Waals surface area (Å²) in [5.41, 5.74) is 0. The van der Waals surface area contributed by atoms with Crippen molar-refractivity contribution in [3.8, 4) is 0 Å². The van der Waals surface area contributed by atoms with Gasteiger partial charge in [0.15, 0.2) is 0 Å². The fourth-order valence-electron chi connectivity index (χ4n) is 1.43. The lowest BCUT2D eigenvalue weighted by Crippen LogP contribution is -2.53. The first-order chi connectivity index (χ1) is 6.41. The van der Waals surface area contributed by atoms with Crippen LogP contribution in [0, 0.1) is 5.92 Å². The standard InChI is InChI=1S/C8H13F3N2O/c1-5-2-3-12-4-6(5)13-7(14)8(9,10)11/h5-6,12H,2-4H2,1H3,(H,13,14)/t5-,6-/m0/s1. The topological polar surface area (TPSA) is 41.1 Å². The van der Waals surface area contributed by atoms with Crippen LogP contribution in [0.5, 0.6) is 0 Å². The van der Waals surface area contributed by atoms with Gasteiger partial charge in [-0.05, 0) is 18.9 Å². The highest BCUT2D eigenvalue weighted by Crippen LogP contribution is 2.17. The number of hydrogen-bond acceptors (Lipinski definition) is 2. The number of rotatable bonds is 1. The summed E-state index contributed by atoms with van der Waals surface area (Å²) < 4.78 is 35.7. The lowest BCUT2D eigenvalue weighted by molar-refractivity contribution is -0.174. The molecule has 1 rings (SSSR count). The molecule has 1 aliphatic rings. The van der Waals surface area contributed by atoms with Gasteiger partial charge in [-0.25, -0.2) is 0 Å². The van der Waals surface area contributed by atoms with Crippen LogP contribution in [0.4, 0.5) is 13.2 Å². The molecular formula is C8H13F3N2O. The van der Waals surface area contributed by atoms with E-state index < -0.39 is 18.1 Å². The molecule has 0 aliphatic carbocycles. The maximum Gasteiger partial charge on any atom is 0.471 e. The Morgan fingerprint density at radius 2 is 2.14 bits per heavy atom. The van der Waals surface area contributed by atoms with Gasteiger partial charge in [0.2, 0.25) is 0 Å². The number of halogens is 3. The highest BCUT2D eigenvalue weighted by molar-refractivity contribution is 5.82. The molecule has 2 N–H and O–H groups in total. The molecule has 0 radical (unpaired) electrons. The maximum atomic E-state index is 11.9. The third-order valence-electron chi connectivity index (χ3n) is 2.40. The SMILES string of the molecule is C[C@H]1CCNC[C@@H]1NC(=O)C(F)(F)F. The molecular weight excluding hydrogens is 197 g/mol. The average molecular weight is 210 g/mol. The molecule has 6 heteroatoms. The molecule has 14 heavy (non-hydrogen) atoms. The smallest absolute Gasteiger partial charge is 0.344 e. The van der Waals surface area contributed by atoms with Gasteiger partial charge in [-0.15, -0.1) is 0 Å². The van der Waals surface area contributed by atoms with E-state index in [1.807, 2.05) is 12.2 Å². The summed E-state index contributed by atoms with van der Waals surface area (Å²) in [5.74, 6) is -1.76. The third-order valence-corrected chi connectivity index (χ3v) is 2.40. The Kier molecular flexibility index (Phi) is 3.36. The zero-order valence-corrected chi connectivity index (χ0v) is 7.82. The fraction of sp³-hybridized carbons (Fsp3) is 0.875. The van der Waals surface area contributed by atoms with Crippen molar-refractivity contribution in [3.05, 3.63) is 0 Å². The molecule has 3 nitrogen and oxygen atoms in total. The van der Waals surface area contributed by atoms with Crippen LogP contribution >= 0.6 is 0 Å². The van der Waals surface area contributed by atoms with Crippen molar-refractivity contribution >= 4 is 5.91 Å². The fourth-order valence-corrected chi connectivity index (χ4v) is 1.43. The van der Waals surface area contributed by atoms with Crippen molar-refractivity contribution in [2.75, 3.05) is 13.1 Å². The molecule has 0 unspecified atom stereocenters. The summed E-state index contributed by atoms with van der Waals surface area (Å²) in [4.78, 5) is 10.6. The van der Waals surface area contributed by atoms with Gasteiger partial charge in [-0.1, -0.05) is 6.92 Å². The van der Waals surface area contributed by atoms with Crippen LogP contribution in [-0.2, 0) is 4.79 Å². The summed E-state index contributed by atoms with van der Waals surface area (Å²) in [7, 11) is 0. The van der Waals surface area contributed by atoms with E-state index in [0.29, 0.717) is 6.54 Å². The van der Waals surface area contributed by atoms with Crippen molar-refractivity contribution < 1.29 is 18.0 Å². The van der Waals surface area contributed by atoms with Crippen molar-refractivity contribution in [2.24, 2.45) is 5.92 Å². The second-order valence-electron chi connectivity index (χ2n) is 3.55. The highest BCUT2D eigenvalue weighted by Gasteiger charge is 2.40. The number of carbonyl (C=O) groups is 1. The van der Waals surface area contributed by atoms with Gasteiger partial charge in [0.25, 0.3) is 0 Å². The molecule has 1 saturated heterocycles. The van der Waals surface area contributed by atoms with E-state index in [4.69, 9.17) is 0 Å². The summed E-state index contributed by atoms with van der Waals surface area (Å²) in [6.07, 6.45) is -4.00. The van der Waals surface area contributed by atoms with Gasteiger partial charge in [0.1, 0.15) is 0 Å². The van der Waals surface area contributed by atoms with E-state index in [1.54, 1.807) is 0 Å². The van der Waals surface area contributed by atoms with E-state index in [-0.39, 0.29) is 5.92 Å². The van der Waals surface area contributed by atoms with Gasteiger partial charge < -0.3 is 10.6 Å². The lowest BCUT2D eigenvalue weighted by Gasteiger charge is -2.30. The maximum absolute atomic E-state index is 11.9. The van der Waals surface area contributed by atoms with Crippen LogP contribution in [0.2, 0.25) is 0 Å². The van der Waals surface area contributed by atoms with Crippen molar-refractivity contribution in [1.29, 1.82) is 0 Å². The number of amides is 1. The van der Waals surface area contributed by atoms with E-state index in [1.165, 1.54) is 0 Å². The van der Waals surface area contributed by atoms with Crippen LogP contribution in [0.25, 0.3) is 0 Å². The first kappa shape index (κ1) is 11.3. The summed E-state index contributed by atoms with van der Waals surface area (Å²) in [6, 6.07) is -0.419. The Hall–Kier alpha value is -0.780. The zero-order valence-electron chi connectivity index (χ0n) is 7.82. The minimum absolute atomic E-state index is 0.0857. The normalized spacial score (nSPS) is 28.6. The summed E-state index contributed by atoms with van der Waals surface area (Å²) in [6.45, 7) is 3.03. The quantitative estimate of drug-likeness (QED) is 0.667. The second kappa shape index (κ2) is 4.16. The summed E-state index contributed by atoms with van der Waals surface area (Å²) in [5, 5.41) is 4.92. The van der Waals surface area contributed by atoms with E-state index >= 15 is 0 Å². The largest absolute Gasteiger partial charge is 0.471 e. The highest BCUT2D eigenvalue weighted by atomic mass is 19.4. The van der Waals surface area contributed by atoms with Crippen molar-refractivity contribution in [3.63, 3.8) is 0 Å². The molecule has 0 aromatic rings. The Morgan fingerprint density at radius 1 is 1.50 bits per heavy atom. The predicted molar refractivity (Wildman–Crippen MR) is 44.6 cm³/mol. The number of hydrogen-bond donors (Lipinski definition) is 2. The first-order valence-corrected chi connectivity index (χ1v) is 4.49. The van der Waals surface area contributed by atoms with Crippen LogP contribution in [0.15, 0.2) is 0 Å². The molecule has 0 spiro atoms. The van der Waals surface area contributed by atoms with Crippen LogP contribution in [-0.4, -0.2) is 31.2 Å². The number of carbonyl (C=O) groups excluding carboxylic acids is 1. The van der Waals surface area contributed by atoms with E-state index in [2.05, 4.69) is 5.32 Å². The second-order valence-corrected chi connectivity index (χ2v) is 3.55. The lowest BCUT2D eigenvalue weighted by atomic mass is 9.95. The molecule has 1 aliphatic heterocycles. The van der Waals surface area contributed by atoms with Crippen molar-refractivity contribution in [1.82, 2.24) is 10.6 Å². The monoisotopic (exact) mass is 210 g/mol. The minimum atomic E-state index is -4.78. The average Bonchev–Trinajstić information content (AvgIpc) is 2.07. The van der Waals surface area contributed by atoms with E-state index in [9.17, 15) is 18.0 Å². The minimum Gasteiger partial charge on any atom is -0.344 e. The van der Waals surface area contributed by atoms with Crippen LogP contribution in [0.3, 0.4) is 0 Å². The number of piperidine rings is 1. The molecule has 2 atom stereocenters. The van der Waals surface area contributed by atoms with Crippen LogP contribution < -0.4 is 10.6 Å². The molecule has 1 fully saturated rings. The Labute approximate surface area is 80.0 Å². The van der Waals surface area contributed by atoms with Gasteiger partial charge in [-0.3, -0.25) is 4.79 Å². The number of alkyl halides is 3. The van der Waals surface area contributed by atoms with Gasteiger partial charge in [0.05, 0.1) is 0 Å². The van der Waals surface area contributed by atoms with Crippen LogP contribution in [0.1, 0.15) is 13.3 Å². The molecule has 0 aromatic heterocycles. The third kappa shape index (κ3) is 2.87. The molecule has 0 saturated carbocycles. The Balaban J connectivity index is 2.46. The predicted octanol–water partition coefficient (Wildman–Crippen LogP) is 0.663.